The van der Waals surface area contributed by atoms with E-state index in [9.17, 15) is 0 Å². The van der Waals surface area contributed by atoms with E-state index in [2.05, 4.69) is 0 Å². The number of hydrogen-bond donors (Lipinski definition) is 1. The maximum absolute atomic E-state index is 8.75. The average molecular weight is 181 g/mol. The van der Waals surface area contributed by atoms with Gasteiger partial charge < -0.3 is 14.7 Å². The molecule has 0 saturated heterocycles. The summed E-state index contributed by atoms with van der Waals surface area (Å²) >= 11 is 0. The number of ether oxygens (including phenoxy) is 1. The van der Waals surface area contributed by atoms with Crippen molar-refractivity contribution < 1.29 is 9.84 Å². The molecule has 13 heavy (non-hydrogen) atoms. The van der Waals surface area contributed by atoms with Crippen LogP contribution in [0.5, 0.6) is 5.75 Å². The van der Waals surface area contributed by atoms with Gasteiger partial charge in [-0.3, -0.25) is 0 Å². The number of hydrogen-bond acceptors (Lipinski definition) is 3. The third kappa shape index (κ3) is 2.63. The molecule has 0 radical (unpaired) electrons. The van der Waals surface area contributed by atoms with Gasteiger partial charge in [0.1, 0.15) is 5.75 Å². The summed E-state index contributed by atoms with van der Waals surface area (Å²) in [7, 11) is 3.58. The highest BCUT2D eigenvalue weighted by Crippen LogP contribution is 2.19. The lowest BCUT2D eigenvalue weighted by atomic mass is 10.3. The van der Waals surface area contributed by atoms with Crippen LogP contribution < -0.4 is 9.64 Å². The Morgan fingerprint density at radius 3 is 2.85 bits per heavy atom. The predicted octanol–water partition coefficient (Wildman–Crippen LogP) is 1.12. The Kier molecular flexibility index (Phi) is 3.58. The van der Waals surface area contributed by atoms with Crippen molar-refractivity contribution in [1.29, 1.82) is 0 Å². The third-order valence-corrected chi connectivity index (χ3v) is 1.93. The molecule has 0 bridgehead atoms. The first-order chi connectivity index (χ1) is 6.27. The van der Waals surface area contributed by atoms with Gasteiger partial charge in [-0.2, -0.15) is 0 Å². The zero-order chi connectivity index (χ0) is 9.68. The molecular formula is C10H15NO2. The molecule has 1 N–H and O–H groups in total. The Balaban J connectivity index is 2.75. The Morgan fingerprint density at radius 1 is 1.46 bits per heavy atom. The molecule has 0 heterocycles. The van der Waals surface area contributed by atoms with Crippen LogP contribution in [0.2, 0.25) is 0 Å². The van der Waals surface area contributed by atoms with E-state index < -0.39 is 0 Å². The van der Waals surface area contributed by atoms with Gasteiger partial charge in [-0.15, -0.1) is 0 Å². The monoisotopic (exact) mass is 181 g/mol. The Bertz CT molecular complexity index is 263. The summed E-state index contributed by atoms with van der Waals surface area (Å²) in [6.45, 7) is 0.793. The first kappa shape index (κ1) is 9.86. The fraction of sp³-hybridized carbons (Fsp3) is 0.400. The molecule has 0 atom stereocenters. The van der Waals surface area contributed by atoms with E-state index in [1.165, 1.54) is 0 Å². The van der Waals surface area contributed by atoms with Crippen LogP contribution in [0.15, 0.2) is 24.3 Å². The van der Waals surface area contributed by atoms with Crippen molar-refractivity contribution >= 4 is 5.69 Å². The van der Waals surface area contributed by atoms with Gasteiger partial charge in [-0.1, -0.05) is 6.07 Å². The molecule has 0 spiro atoms. The van der Waals surface area contributed by atoms with Crippen LogP contribution in [0, 0.1) is 0 Å². The topological polar surface area (TPSA) is 32.7 Å². The quantitative estimate of drug-likeness (QED) is 0.755. The van der Waals surface area contributed by atoms with Crippen molar-refractivity contribution in [3.8, 4) is 5.75 Å². The van der Waals surface area contributed by atoms with Gasteiger partial charge in [0.15, 0.2) is 0 Å². The molecule has 3 heteroatoms. The van der Waals surface area contributed by atoms with E-state index in [0.717, 1.165) is 11.4 Å². The zero-order valence-corrected chi connectivity index (χ0v) is 8.03. The SMILES string of the molecule is COc1cccc(N(C)CCO)c1. The standard InChI is InChI=1S/C10H15NO2/c1-11(6-7-12)9-4-3-5-10(8-9)13-2/h3-5,8,12H,6-7H2,1-2H3. The van der Waals surface area contributed by atoms with Crippen molar-refractivity contribution in [2.75, 3.05) is 32.2 Å². The van der Waals surface area contributed by atoms with E-state index in [-0.39, 0.29) is 6.61 Å². The van der Waals surface area contributed by atoms with Crippen LogP contribution in [0.4, 0.5) is 5.69 Å². The van der Waals surface area contributed by atoms with Gasteiger partial charge in [0.2, 0.25) is 0 Å². The summed E-state index contributed by atoms with van der Waals surface area (Å²) in [4.78, 5) is 1.97. The van der Waals surface area contributed by atoms with Crippen molar-refractivity contribution in [1.82, 2.24) is 0 Å². The summed E-state index contributed by atoms with van der Waals surface area (Å²) in [6, 6.07) is 7.76. The van der Waals surface area contributed by atoms with Crippen molar-refractivity contribution in [2.45, 2.75) is 0 Å². The smallest absolute Gasteiger partial charge is 0.120 e. The first-order valence-electron chi connectivity index (χ1n) is 4.24. The lowest BCUT2D eigenvalue weighted by molar-refractivity contribution is 0.304. The molecule has 0 aliphatic rings. The fourth-order valence-electron chi connectivity index (χ4n) is 1.13. The molecule has 1 aromatic rings. The minimum atomic E-state index is 0.160. The molecule has 0 aromatic heterocycles. The zero-order valence-electron chi connectivity index (χ0n) is 8.03. The van der Waals surface area contributed by atoms with Crippen molar-refractivity contribution in [3.05, 3.63) is 24.3 Å². The van der Waals surface area contributed by atoms with E-state index in [1.54, 1.807) is 7.11 Å². The van der Waals surface area contributed by atoms with Gasteiger partial charge in [0.25, 0.3) is 0 Å². The second-order valence-corrected chi connectivity index (χ2v) is 2.85. The van der Waals surface area contributed by atoms with E-state index in [4.69, 9.17) is 9.84 Å². The Labute approximate surface area is 78.6 Å². The largest absolute Gasteiger partial charge is 0.497 e. The van der Waals surface area contributed by atoms with Crippen LogP contribution in [0.1, 0.15) is 0 Å². The van der Waals surface area contributed by atoms with Crippen LogP contribution in [-0.2, 0) is 0 Å². The molecule has 1 aromatic carbocycles. The van der Waals surface area contributed by atoms with Crippen LogP contribution >= 0.6 is 0 Å². The van der Waals surface area contributed by atoms with Gasteiger partial charge in [0, 0.05) is 25.3 Å². The number of likely N-dealkylation sites (N-methyl/N-ethyl adjacent to an activating group) is 1. The van der Waals surface area contributed by atoms with Crippen LogP contribution in [0.25, 0.3) is 0 Å². The van der Waals surface area contributed by atoms with Gasteiger partial charge >= 0.3 is 0 Å². The van der Waals surface area contributed by atoms with Crippen molar-refractivity contribution in [3.63, 3.8) is 0 Å². The number of aliphatic hydroxyl groups excluding tert-OH is 1. The number of methoxy groups -OCH3 is 1. The molecule has 0 saturated carbocycles. The highest BCUT2D eigenvalue weighted by Gasteiger charge is 2.00. The normalized spacial score (nSPS) is 9.77. The van der Waals surface area contributed by atoms with Gasteiger partial charge in [0.05, 0.1) is 13.7 Å². The lowest BCUT2D eigenvalue weighted by Gasteiger charge is -2.18. The third-order valence-electron chi connectivity index (χ3n) is 1.93. The molecule has 1 rings (SSSR count). The summed E-state index contributed by atoms with van der Waals surface area (Å²) in [5.74, 6) is 0.835. The first-order valence-corrected chi connectivity index (χ1v) is 4.24. The molecular weight excluding hydrogens is 166 g/mol. The second-order valence-electron chi connectivity index (χ2n) is 2.85. The van der Waals surface area contributed by atoms with E-state index >= 15 is 0 Å². The van der Waals surface area contributed by atoms with Crippen LogP contribution in [-0.4, -0.2) is 32.4 Å². The Morgan fingerprint density at radius 2 is 2.23 bits per heavy atom. The fourth-order valence-corrected chi connectivity index (χ4v) is 1.13. The molecule has 72 valence electrons. The summed E-state index contributed by atoms with van der Waals surface area (Å²) < 4.78 is 5.09. The number of benzene rings is 1. The maximum atomic E-state index is 8.75. The van der Waals surface area contributed by atoms with E-state index in [0.29, 0.717) is 6.54 Å². The maximum Gasteiger partial charge on any atom is 0.120 e. The number of rotatable bonds is 4. The minimum Gasteiger partial charge on any atom is -0.497 e. The van der Waals surface area contributed by atoms with Crippen LogP contribution in [0.3, 0.4) is 0 Å². The average Bonchev–Trinajstić information content (AvgIpc) is 2.18. The number of anilines is 1. The Hall–Kier alpha value is -1.22. The van der Waals surface area contributed by atoms with E-state index in [1.807, 2.05) is 36.2 Å². The van der Waals surface area contributed by atoms with Gasteiger partial charge in [-0.25, -0.2) is 0 Å². The van der Waals surface area contributed by atoms with Crippen molar-refractivity contribution in [2.24, 2.45) is 0 Å². The molecule has 0 aliphatic heterocycles. The summed E-state index contributed by atoms with van der Waals surface area (Å²) in [6.07, 6.45) is 0. The minimum absolute atomic E-state index is 0.160. The number of nitrogens with zero attached hydrogens (tertiary/aromatic N) is 1. The number of aliphatic hydroxyl groups is 1. The molecule has 0 aliphatic carbocycles. The molecule has 0 amide bonds. The molecule has 3 nitrogen and oxygen atoms in total. The van der Waals surface area contributed by atoms with Gasteiger partial charge in [-0.05, 0) is 12.1 Å². The molecule has 0 unspecified atom stereocenters. The summed E-state index contributed by atoms with van der Waals surface area (Å²) in [5, 5.41) is 8.75. The summed E-state index contributed by atoms with van der Waals surface area (Å²) in [5.41, 5.74) is 1.05. The second kappa shape index (κ2) is 4.72. The lowest BCUT2D eigenvalue weighted by Crippen LogP contribution is -2.20. The highest BCUT2D eigenvalue weighted by atomic mass is 16.5. The molecule has 0 fully saturated rings. The predicted molar refractivity (Wildman–Crippen MR) is 53.3 cm³/mol. The highest BCUT2D eigenvalue weighted by molar-refractivity contribution is 5.49.